The molecule has 0 aliphatic rings. The number of anilines is 3. The molecule has 35 heavy (non-hydrogen) atoms. The summed E-state index contributed by atoms with van der Waals surface area (Å²) in [7, 11) is 3.26. The number of nitrogens with zero attached hydrogens (tertiary/aromatic N) is 3. The molecule has 9 heteroatoms. The van der Waals surface area contributed by atoms with E-state index in [-0.39, 0.29) is 24.7 Å². The minimum Gasteiger partial charge on any atom is -0.497 e. The third kappa shape index (κ3) is 5.75. The van der Waals surface area contributed by atoms with Gasteiger partial charge < -0.3 is 19.6 Å². The molecular formula is C26H26N4O5. The van der Waals surface area contributed by atoms with Crippen LogP contribution < -0.4 is 15.0 Å². The number of oxazole rings is 1. The quantitative estimate of drug-likeness (QED) is 0.357. The van der Waals surface area contributed by atoms with Gasteiger partial charge in [-0.05, 0) is 47.4 Å². The Morgan fingerprint density at radius 3 is 2.71 bits per heavy atom. The lowest BCUT2D eigenvalue weighted by atomic mass is 10.00. The van der Waals surface area contributed by atoms with Crippen LogP contribution in [0.1, 0.15) is 30.4 Å². The van der Waals surface area contributed by atoms with Gasteiger partial charge in [-0.3, -0.25) is 14.5 Å². The van der Waals surface area contributed by atoms with E-state index in [2.05, 4.69) is 15.3 Å². The van der Waals surface area contributed by atoms with Crippen LogP contribution in [0.3, 0.4) is 0 Å². The summed E-state index contributed by atoms with van der Waals surface area (Å²) in [6, 6.07) is 16.8. The Morgan fingerprint density at radius 2 is 2.00 bits per heavy atom. The Hall–Kier alpha value is -4.40. The highest BCUT2D eigenvalue weighted by atomic mass is 16.5. The van der Waals surface area contributed by atoms with Crippen molar-refractivity contribution >= 4 is 40.5 Å². The van der Waals surface area contributed by atoms with Crippen LogP contribution in [0.4, 0.5) is 17.5 Å². The normalized spacial score (nSPS) is 11.7. The van der Waals surface area contributed by atoms with Gasteiger partial charge in [-0.1, -0.05) is 25.1 Å². The number of fused-ring (bicyclic) bond motifs is 1. The summed E-state index contributed by atoms with van der Waals surface area (Å²) in [4.78, 5) is 34.0. The standard InChI is InChI=1S/C26H26N4O5/c1-16(11-25(32)33)18-8-10-23(27-15-18)30(2)24(31)13-17-7-9-21-22(12-17)35-26(29-21)28-19-5-4-6-20(14-19)34-3/h4-10,12,14-16H,11,13H2,1-3H3,(H,28,29)(H,32,33). The molecule has 0 radical (unpaired) electrons. The number of methoxy groups -OCH3 is 1. The zero-order valence-corrected chi connectivity index (χ0v) is 19.7. The van der Waals surface area contributed by atoms with Crippen molar-refractivity contribution in [2.24, 2.45) is 0 Å². The first-order chi connectivity index (χ1) is 16.8. The molecule has 2 N–H and O–H groups in total. The van der Waals surface area contributed by atoms with Gasteiger partial charge in [-0.2, -0.15) is 4.98 Å². The third-order valence-corrected chi connectivity index (χ3v) is 5.67. The van der Waals surface area contributed by atoms with Crippen LogP contribution in [-0.4, -0.2) is 41.1 Å². The van der Waals surface area contributed by atoms with Crippen LogP contribution in [0.2, 0.25) is 0 Å². The van der Waals surface area contributed by atoms with E-state index in [0.717, 1.165) is 22.6 Å². The molecule has 4 rings (SSSR count). The minimum absolute atomic E-state index is 0.0245. The Kier molecular flexibility index (Phi) is 6.96. The molecule has 0 spiro atoms. The molecule has 2 aromatic heterocycles. The number of hydrogen-bond acceptors (Lipinski definition) is 7. The zero-order valence-electron chi connectivity index (χ0n) is 19.7. The summed E-state index contributed by atoms with van der Waals surface area (Å²) in [6.45, 7) is 1.83. The molecule has 0 aliphatic carbocycles. The summed E-state index contributed by atoms with van der Waals surface area (Å²) in [5, 5.41) is 12.1. The molecular weight excluding hydrogens is 448 g/mol. The van der Waals surface area contributed by atoms with Gasteiger partial charge in [0.15, 0.2) is 5.58 Å². The largest absolute Gasteiger partial charge is 0.497 e. The van der Waals surface area contributed by atoms with Gasteiger partial charge in [0.05, 0.1) is 20.0 Å². The van der Waals surface area contributed by atoms with Crippen LogP contribution >= 0.6 is 0 Å². The molecule has 2 aromatic carbocycles. The molecule has 1 unspecified atom stereocenters. The fraction of sp³-hybridized carbons (Fsp3) is 0.231. The van der Waals surface area contributed by atoms with Crippen LogP contribution in [0.5, 0.6) is 5.75 Å². The van der Waals surface area contributed by atoms with Gasteiger partial charge in [-0.25, -0.2) is 4.98 Å². The number of ether oxygens (including phenoxy) is 1. The van der Waals surface area contributed by atoms with E-state index in [9.17, 15) is 9.59 Å². The summed E-state index contributed by atoms with van der Waals surface area (Å²) in [5.41, 5.74) is 3.62. The molecule has 0 fully saturated rings. The minimum atomic E-state index is -0.860. The highest BCUT2D eigenvalue weighted by Crippen LogP contribution is 2.26. The smallest absolute Gasteiger partial charge is 0.303 e. The predicted molar refractivity (Wildman–Crippen MR) is 132 cm³/mol. The Morgan fingerprint density at radius 1 is 1.17 bits per heavy atom. The fourth-order valence-electron chi connectivity index (χ4n) is 3.64. The van der Waals surface area contributed by atoms with Crippen LogP contribution in [0.25, 0.3) is 11.1 Å². The summed E-state index contributed by atoms with van der Waals surface area (Å²) in [5.74, 6) is 0.0481. The van der Waals surface area contributed by atoms with Crippen molar-refractivity contribution < 1.29 is 23.8 Å². The SMILES string of the molecule is COc1cccc(Nc2nc3ccc(CC(=O)N(C)c4ccc(C(C)CC(=O)O)cn4)cc3o2)c1. The number of pyridine rings is 1. The maximum absolute atomic E-state index is 12.9. The highest BCUT2D eigenvalue weighted by Gasteiger charge is 2.16. The lowest BCUT2D eigenvalue weighted by Gasteiger charge is -2.17. The summed E-state index contributed by atoms with van der Waals surface area (Å²) >= 11 is 0. The van der Waals surface area contributed by atoms with E-state index in [1.54, 1.807) is 38.6 Å². The van der Waals surface area contributed by atoms with Gasteiger partial charge in [0.25, 0.3) is 6.01 Å². The maximum atomic E-state index is 12.9. The van der Waals surface area contributed by atoms with Crippen molar-refractivity contribution in [2.45, 2.75) is 25.7 Å². The predicted octanol–water partition coefficient (Wildman–Crippen LogP) is 4.76. The molecule has 4 aromatic rings. The molecule has 9 nitrogen and oxygen atoms in total. The number of benzene rings is 2. The Balaban J connectivity index is 1.43. The Labute approximate surface area is 202 Å². The number of nitrogens with one attached hydrogen (secondary N) is 1. The van der Waals surface area contributed by atoms with E-state index in [0.29, 0.717) is 22.9 Å². The summed E-state index contributed by atoms with van der Waals surface area (Å²) < 4.78 is 11.1. The van der Waals surface area contributed by atoms with Crippen molar-refractivity contribution in [2.75, 3.05) is 24.4 Å². The first kappa shape index (κ1) is 23.7. The number of hydrogen-bond donors (Lipinski definition) is 2. The number of carboxylic acids is 1. The van der Waals surface area contributed by atoms with Crippen LogP contribution in [0.15, 0.2) is 65.2 Å². The first-order valence-electron chi connectivity index (χ1n) is 11.1. The van der Waals surface area contributed by atoms with Crippen molar-refractivity contribution in [1.29, 1.82) is 0 Å². The highest BCUT2D eigenvalue weighted by molar-refractivity contribution is 5.93. The molecule has 180 valence electrons. The Bertz CT molecular complexity index is 1350. The molecule has 0 bridgehead atoms. The van der Waals surface area contributed by atoms with E-state index in [4.69, 9.17) is 14.3 Å². The number of carbonyl (C=O) groups is 2. The topological polar surface area (TPSA) is 118 Å². The zero-order chi connectivity index (χ0) is 24.9. The summed E-state index contributed by atoms with van der Waals surface area (Å²) in [6.07, 6.45) is 1.80. The average Bonchev–Trinajstić information content (AvgIpc) is 3.24. The molecule has 0 aliphatic heterocycles. The second kappa shape index (κ2) is 10.3. The monoisotopic (exact) mass is 474 g/mol. The fourth-order valence-corrected chi connectivity index (χ4v) is 3.64. The first-order valence-corrected chi connectivity index (χ1v) is 11.1. The lowest BCUT2D eigenvalue weighted by Crippen LogP contribution is -2.28. The van der Waals surface area contributed by atoms with E-state index in [1.165, 1.54) is 4.90 Å². The van der Waals surface area contributed by atoms with E-state index >= 15 is 0 Å². The van der Waals surface area contributed by atoms with Gasteiger partial charge in [-0.15, -0.1) is 0 Å². The lowest BCUT2D eigenvalue weighted by molar-refractivity contribution is -0.137. The van der Waals surface area contributed by atoms with Crippen LogP contribution in [-0.2, 0) is 16.0 Å². The third-order valence-electron chi connectivity index (χ3n) is 5.67. The number of amides is 1. The number of aromatic nitrogens is 2. The van der Waals surface area contributed by atoms with E-state index in [1.807, 2.05) is 43.3 Å². The maximum Gasteiger partial charge on any atom is 0.303 e. The second-order valence-corrected chi connectivity index (χ2v) is 8.26. The van der Waals surface area contributed by atoms with E-state index < -0.39 is 5.97 Å². The second-order valence-electron chi connectivity index (χ2n) is 8.26. The number of carbonyl (C=O) groups excluding carboxylic acids is 1. The molecule has 1 atom stereocenters. The van der Waals surface area contributed by atoms with Crippen molar-refractivity contribution in [1.82, 2.24) is 9.97 Å². The average molecular weight is 475 g/mol. The van der Waals surface area contributed by atoms with Gasteiger partial charge in [0.1, 0.15) is 17.1 Å². The molecule has 2 heterocycles. The van der Waals surface area contributed by atoms with Crippen molar-refractivity contribution in [3.63, 3.8) is 0 Å². The molecule has 0 saturated heterocycles. The van der Waals surface area contributed by atoms with Gasteiger partial charge in [0, 0.05) is 25.0 Å². The number of likely N-dealkylation sites (N-methyl/N-ethyl adjacent to an activating group) is 1. The number of aliphatic carboxylic acids is 1. The number of rotatable bonds is 9. The van der Waals surface area contributed by atoms with Crippen molar-refractivity contribution in [3.05, 3.63) is 71.9 Å². The molecule has 0 saturated carbocycles. The van der Waals surface area contributed by atoms with Crippen molar-refractivity contribution in [3.8, 4) is 5.75 Å². The number of carboxylic acid groups (broad SMARTS) is 1. The van der Waals surface area contributed by atoms with Gasteiger partial charge in [0.2, 0.25) is 5.91 Å². The molecule has 1 amide bonds. The van der Waals surface area contributed by atoms with Crippen LogP contribution in [0, 0.1) is 0 Å². The van der Waals surface area contributed by atoms with Gasteiger partial charge >= 0.3 is 5.97 Å².